The lowest BCUT2D eigenvalue weighted by Crippen LogP contribution is -2.47. The fourth-order valence-corrected chi connectivity index (χ4v) is 1.66. The van der Waals surface area contributed by atoms with Gasteiger partial charge in [0.15, 0.2) is 0 Å². The first kappa shape index (κ1) is 13.3. The van der Waals surface area contributed by atoms with Crippen molar-refractivity contribution < 1.29 is 9.59 Å². The zero-order valence-electron chi connectivity index (χ0n) is 9.10. The molecule has 0 radical (unpaired) electrons. The van der Waals surface area contributed by atoms with E-state index in [1.807, 2.05) is 12.1 Å². The number of nitrogens with one attached hydrogen (secondary N) is 2. The highest BCUT2D eigenvalue weighted by Crippen LogP contribution is 2.16. The number of piperidine rings is 1. The number of nitrogen functional groups attached to an aromatic ring is 1. The Bertz CT molecular complexity index is 436. The van der Waals surface area contributed by atoms with Gasteiger partial charge in [-0.3, -0.25) is 14.9 Å². The van der Waals surface area contributed by atoms with Crippen molar-refractivity contribution in [3.05, 3.63) is 24.3 Å². The second-order valence-corrected chi connectivity index (χ2v) is 3.77. The maximum atomic E-state index is 11.5. The third-order valence-electron chi connectivity index (χ3n) is 2.47. The van der Waals surface area contributed by atoms with Gasteiger partial charge in [-0.1, -0.05) is 6.07 Å². The van der Waals surface area contributed by atoms with Crippen LogP contribution in [0.5, 0.6) is 0 Å². The van der Waals surface area contributed by atoms with Crippen LogP contribution in [0.1, 0.15) is 12.8 Å². The maximum absolute atomic E-state index is 11.5. The first-order valence-corrected chi connectivity index (χ1v) is 5.11. The number of imide groups is 1. The van der Waals surface area contributed by atoms with Crippen molar-refractivity contribution in [3.8, 4) is 0 Å². The first-order valence-electron chi connectivity index (χ1n) is 5.11. The molecule has 5 nitrogen and oxygen atoms in total. The maximum Gasteiger partial charge on any atom is 0.249 e. The van der Waals surface area contributed by atoms with Gasteiger partial charge < -0.3 is 11.1 Å². The van der Waals surface area contributed by atoms with Gasteiger partial charge in [0.2, 0.25) is 11.8 Å². The second kappa shape index (κ2) is 5.54. The average Bonchev–Trinajstić information content (AvgIpc) is 2.22. The molecule has 0 spiro atoms. The van der Waals surface area contributed by atoms with Crippen LogP contribution in [0.3, 0.4) is 0 Å². The molecule has 0 saturated carbocycles. The molecule has 1 fully saturated rings. The Balaban J connectivity index is 0.00000144. The fraction of sp³-hybridized carbons (Fsp3) is 0.273. The quantitative estimate of drug-likeness (QED) is 0.542. The van der Waals surface area contributed by atoms with Crippen LogP contribution in [-0.2, 0) is 9.59 Å². The van der Waals surface area contributed by atoms with Gasteiger partial charge in [0, 0.05) is 17.8 Å². The average molecular weight is 256 g/mol. The van der Waals surface area contributed by atoms with Gasteiger partial charge >= 0.3 is 0 Å². The molecule has 4 N–H and O–H groups in total. The molecule has 1 aromatic rings. The molecule has 1 aliphatic rings. The highest BCUT2D eigenvalue weighted by atomic mass is 35.5. The molecule has 2 rings (SSSR count). The van der Waals surface area contributed by atoms with Crippen LogP contribution >= 0.6 is 12.4 Å². The summed E-state index contributed by atoms with van der Waals surface area (Å²) >= 11 is 0. The number of carbonyl (C=O) groups is 2. The van der Waals surface area contributed by atoms with E-state index < -0.39 is 0 Å². The summed E-state index contributed by atoms with van der Waals surface area (Å²) in [5.41, 5.74) is 7.05. The molecule has 6 heteroatoms. The Morgan fingerprint density at radius 1 is 1.35 bits per heavy atom. The van der Waals surface area contributed by atoms with Gasteiger partial charge in [-0.25, -0.2) is 0 Å². The normalized spacial score (nSPS) is 19.2. The molecule has 1 atom stereocenters. The second-order valence-electron chi connectivity index (χ2n) is 3.77. The summed E-state index contributed by atoms with van der Waals surface area (Å²) in [6, 6.07) is 6.81. The van der Waals surface area contributed by atoms with Crippen molar-refractivity contribution in [2.75, 3.05) is 11.1 Å². The lowest BCUT2D eigenvalue weighted by Gasteiger charge is -2.22. The number of amides is 2. The van der Waals surface area contributed by atoms with Crippen LogP contribution in [0.15, 0.2) is 24.3 Å². The smallest absolute Gasteiger partial charge is 0.249 e. The molecule has 1 saturated heterocycles. The molecular weight excluding hydrogens is 242 g/mol. The van der Waals surface area contributed by atoms with E-state index in [0.717, 1.165) is 5.69 Å². The molecule has 0 aliphatic carbocycles. The molecule has 0 aromatic heterocycles. The molecule has 1 aliphatic heterocycles. The summed E-state index contributed by atoms with van der Waals surface area (Å²) in [6.07, 6.45) is 0.880. The summed E-state index contributed by atoms with van der Waals surface area (Å²) in [7, 11) is 0. The molecule has 2 amide bonds. The molecule has 17 heavy (non-hydrogen) atoms. The number of carbonyl (C=O) groups excluding carboxylic acids is 2. The van der Waals surface area contributed by atoms with Gasteiger partial charge in [-0.2, -0.15) is 0 Å². The molecule has 1 unspecified atom stereocenters. The molecule has 1 heterocycles. The monoisotopic (exact) mass is 255 g/mol. The van der Waals surface area contributed by atoms with Gasteiger partial charge in [0.1, 0.15) is 6.04 Å². The highest BCUT2D eigenvalue weighted by molar-refractivity contribution is 6.01. The van der Waals surface area contributed by atoms with Crippen LogP contribution in [0.2, 0.25) is 0 Å². The summed E-state index contributed by atoms with van der Waals surface area (Å²) in [5.74, 6) is -0.491. The van der Waals surface area contributed by atoms with Crippen LogP contribution in [-0.4, -0.2) is 17.9 Å². The lowest BCUT2D eigenvalue weighted by molar-refractivity contribution is -0.133. The number of rotatable bonds is 2. The Hall–Kier alpha value is -1.75. The van der Waals surface area contributed by atoms with E-state index in [1.54, 1.807) is 12.1 Å². The number of halogens is 1. The topological polar surface area (TPSA) is 84.2 Å². The summed E-state index contributed by atoms with van der Waals surface area (Å²) in [5, 5.41) is 5.34. The van der Waals surface area contributed by atoms with Crippen molar-refractivity contribution >= 4 is 35.6 Å². The largest absolute Gasteiger partial charge is 0.399 e. The standard InChI is InChI=1S/C11H13N3O2.ClH/c12-7-2-1-3-8(6-7)13-9-4-5-10(15)14-11(9)16;/h1-3,6,9,13H,4-5,12H2,(H,14,15,16);1H. The number of anilines is 2. The third-order valence-corrected chi connectivity index (χ3v) is 2.47. The number of hydrogen-bond acceptors (Lipinski definition) is 4. The number of benzene rings is 1. The van der Waals surface area contributed by atoms with Crippen molar-refractivity contribution in [2.24, 2.45) is 0 Å². The molecule has 1 aromatic carbocycles. The van der Waals surface area contributed by atoms with Crippen molar-refractivity contribution in [1.29, 1.82) is 0 Å². The zero-order chi connectivity index (χ0) is 11.5. The molecular formula is C11H14ClN3O2. The van der Waals surface area contributed by atoms with Gasteiger partial charge in [-0.15, -0.1) is 12.4 Å². The minimum Gasteiger partial charge on any atom is -0.399 e. The van der Waals surface area contributed by atoms with E-state index in [0.29, 0.717) is 18.5 Å². The van der Waals surface area contributed by atoms with E-state index in [-0.39, 0.29) is 30.3 Å². The van der Waals surface area contributed by atoms with E-state index in [4.69, 9.17) is 5.73 Å². The Morgan fingerprint density at radius 3 is 2.76 bits per heavy atom. The van der Waals surface area contributed by atoms with E-state index in [1.165, 1.54) is 0 Å². The van der Waals surface area contributed by atoms with Gasteiger partial charge in [0.25, 0.3) is 0 Å². The van der Waals surface area contributed by atoms with Crippen molar-refractivity contribution in [2.45, 2.75) is 18.9 Å². The minimum absolute atomic E-state index is 0. The number of hydrogen-bond donors (Lipinski definition) is 3. The Labute approximate surface area is 105 Å². The van der Waals surface area contributed by atoms with Gasteiger partial charge in [-0.05, 0) is 24.6 Å². The van der Waals surface area contributed by atoms with Crippen LogP contribution in [0.25, 0.3) is 0 Å². The minimum atomic E-state index is -0.362. The Morgan fingerprint density at radius 2 is 2.12 bits per heavy atom. The van der Waals surface area contributed by atoms with Crippen LogP contribution in [0, 0.1) is 0 Å². The van der Waals surface area contributed by atoms with E-state index in [2.05, 4.69) is 10.6 Å². The summed E-state index contributed by atoms with van der Waals surface area (Å²) in [4.78, 5) is 22.4. The Kier molecular flexibility index (Phi) is 4.34. The lowest BCUT2D eigenvalue weighted by atomic mass is 10.1. The van der Waals surface area contributed by atoms with E-state index in [9.17, 15) is 9.59 Å². The fourth-order valence-electron chi connectivity index (χ4n) is 1.66. The number of nitrogens with two attached hydrogens (primary N) is 1. The predicted molar refractivity (Wildman–Crippen MR) is 67.9 cm³/mol. The van der Waals surface area contributed by atoms with Crippen molar-refractivity contribution in [1.82, 2.24) is 5.32 Å². The van der Waals surface area contributed by atoms with E-state index >= 15 is 0 Å². The molecule has 92 valence electrons. The third kappa shape index (κ3) is 3.35. The predicted octanol–water partition coefficient (Wildman–Crippen LogP) is 0.908. The van der Waals surface area contributed by atoms with Crippen LogP contribution in [0.4, 0.5) is 11.4 Å². The summed E-state index contributed by atoms with van der Waals surface area (Å²) < 4.78 is 0. The highest BCUT2D eigenvalue weighted by Gasteiger charge is 2.26. The van der Waals surface area contributed by atoms with Crippen molar-refractivity contribution in [3.63, 3.8) is 0 Å². The molecule has 0 bridgehead atoms. The zero-order valence-corrected chi connectivity index (χ0v) is 9.92. The van der Waals surface area contributed by atoms with Crippen LogP contribution < -0.4 is 16.4 Å². The summed E-state index contributed by atoms with van der Waals surface area (Å²) in [6.45, 7) is 0. The SMILES string of the molecule is Cl.Nc1cccc(NC2CCC(=O)NC2=O)c1. The van der Waals surface area contributed by atoms with Gasteiger partial charge in [0.05, 0.1) is 0 Å². The first-order chi connectivity index (χ1) is 7.65.